The van der Waals surface area contributed by atoms with Crippen LogP contribution in [0.1, 0.15) is 51.8 Å². The Balaban J connectivity index is 2.15. The lowest BCUT2D eigenvalue weighted by atomic mass is 9.77. The van der Waals surface area contributed by atoms with Crippen LogP contribution in [0.3, 0.4) is 0 Å². The summed E-state index contributed by atoms with van der Waals surface area (Å²) in [6, 6.07) is 1.95. The van der Waals surface area contributed by atoms with Gasteiger partial charge in [0, 0.05) is 19.0 Å². The molecule has 1 saturated carbocycles. The van der Waals surface area contributed by atoms with E-state index in [9.17, 15) is 5.11 Å². The molecule has 0 unspecified atom stereocenters. The monoisotopic (exact) mass is 278 g/mol. The van der Waals surface area contributed by atoms with E-state index in [0.717, 1.165) is 56.1 Å². The van der Waals surface area contributed by atoms with Crippen LogP contribution < -0.4 is 10.6 Å². The Labute approximate surface area is 121 Å². The summed E-state index contributed by atoms with van der Waals surface area (Å²) in [5.41, 5.74) is -0.167. The van der Waals surface area contributed by atoms with E-state index in [0.29, 0.717) is 0 Å². The van der Waals surface area contributed by atoms with Gasteiger partial charge in [0.05, 0.1) is 12.1 Å². The lowest BCUT2D eigenvalue weighted by molar-refractivity contribution is 0.144. The number of aryl methyl sites for hydroxylation is 1. The number of rotatable bonds is 8. The maximum absolute atomic E-state index is 9.56. The molecular weight excluding hydrogens is 252 g/mol. The molecule has 0 aromatic carbocycles. The van der Waals surface area contributed by atoms with Crippen molar-refractivity contribution in [2.75, 3.05) is 23.8 Å². The number of hydrogen-bond acceptors (Lipinski definition) is 5. The number of anilines is 2. The third-order valence-corrected chi connectivity index (χ3v) is 3.81. The maximum Gasteiger partial charge on any atom is 0.133 e. The quantitative estimate of drug-likeness (QED) is 0.682. The van der Waals surface area contributed by atoms with Crippen molar-refractivity contribution in [3.63, 3.8) is 0 Å². The van der Waals surface area contributed by atoms with Gasteiger partial charge in [-0.15, -0.1) is 0 Å². The second kappa shape index (κ2) is 6.88. The molecule has 3 N–H and O–H groups in total. The van der Waals surface area contributed by atoms with Crippen LogP contribution in [0.15, 0.2) is 6.07 Å². The fourth-order valence-corrected chi connectivity index (χ4v) is 2.44. The van der Waals surface area contributed by atoms with Gasteiger partial charge in [-0.25, -0.2) is 9.97 Å². The summed E-state index contributed by atoms with van der Waals surface area (Å²) in [6.07, 6.45) is 6.16. The highest BCUT2D eigenvalue weighted by Crippen LogP contribution is 2.34. The highest BCUT2D eigenvalue weighted by Gasteiger charge is 2.36. The zero-order chi connectivity index (χ0) is 14.4. The molecule has 112 valence electrons. The van der Waals surface area contributed by atoms with Crippen LogP contribution in [-0.4, -0.2) is 33.8 Å². The molecular formula is C15H26N4O. The number of aliphatic hydroxyl groups excluding tert-OH is 1. The summed E-state index contributed by atoms with van der Waals surface area (Å²) in [5, 5.41) is 16.3. The predicted octanol–water partition coefficient (Wildman–Crippen LogP) is 2.58. The van der Waals surface area contributed by atoms with Gasteiger partial charge in [0.1, 0.15) is 17.5 Å². The molecule has 0 radical (unpaired) electrons. The van der Waals surface area contributed by atoms with Gasteiger partial charge in [0.15, 0.2) is 0 Å². The van der Waals surface area contributed by atoms with Gasteiger partial charge >= 0.3 is 0 Å². The largest absolute Gasteiger partial charge is 0.394 e. The van der Waals surface area contributed by atoms with Crippen molar-refractivity contribution in [3.8, 4) is 0 Å². The van der Waals surface area contributed by atoms with E-state index in [-0.39, 0.29) is 12.1 Å². The Hall–Kier alpha value is -1.36. The molecule has 0 bridgehead atoms. The first kappa shape index (κ1) is 15.0. The van der Waals surface area contributed by atoms with Crippen LogP contribution in [0.25, 0.3) is 0 Å². The van der Waals surface area contributed by atoms with Crippen molar-refractivity contribution < 1.29 is 5.11 Å². The summed E-state index contributed by atoms with van der Waals surface area (Å²) < 4.78 is 0. The van der Waals surface area contributed by atoms with Crippen molar-refractivity contribution in [3.05, 3.63) is 11.9 Å². The topological polar surface area (TPSA) is 70.1 Å². The normalized spacial score (nSPS) is 16.6. The summed E-state index contributed by atoms with van der Waals surface area (Å²) in [5.74, 6) is 2.57. The molecule has 0 saturated heterocycles. The van der Waals surface area contributed by atoms with E-state index in [4.69, 9.17) is 0 Å². The number of aromatic nitrogens is 2. The molecule has 1 aromatic rings. The van der Waals surface area contributed by atoms with Gasteiger partial charge in [-0.2, -0.15) is 0 Å². The van der Waals surface area contributed by atoms with E-state index >= 15 is 0 Å². The minimum absolute atomic E-state index is 0.165. The average molecular weight is 278 g/mol. The average Bonchev–Trinajstić information content (AvgIpc) is 2.41. The van der Waals surface area contributed by atoms with Crippen LogP contribution in [0.2, 0.25) is 0 Å². The van der Waals surface area contributed by atoms with Crippen LogP contribution in [0, 0.1) is 0 Å². The van der Waals surface area contributed by atoms with E-state index in [2.05, 4.69) is 34.4 Å². The van der Waals surface area contributed by atoms with Gasteiger partial charge in [-0.3, -0.25) is 0 Å². The summed E-state index contributed by atoms with van der Waals surface area (Å²) in [7, 11) is 0. The Morgan fingerprint density at radius 2 is 1.95 bits per heavy atom. The van der Waals surface area contributed by atoms with Crippen molar-refractivity contribution >= 4 is 11.6 Å². The van der Waals surface area contributed by atoms with Crippen LogP contribution in [0.4, 0.5) is 11.6 Å². The van der Waals surface area contributed by atoms with Gasteiger partial charge in [-0.05, 0) is 32.1 Å². The minimum atomic E-state index is -0.167. The number of nitrogens with zero attached hydrogens (tertiary/aromatic N) is 2. The smallest absolute Gasteiger partial charge is 0.133 e. The van der Waals surface area contributed by atoms with Crippen molar-refractivity contribution in [2.24, 2.45) is 0 Å². The highest BCUT2D eigenvalue weighted by molar-refractivity contribution is 5.49. The van der Waals surface area contributed by atoms with Gasteiger partial charge < -0.3 is 15.7 Å². The number of nitrogens with one attached hydrogen (secondary N) is 2. The van der Waals surface area contributed by atoms with Crippen molar-refractivity contribution in [2.45, 2.75) is 57.9 Å². The number of aliphatic hydroxyl groups is 1. The fraction of sp³-hybridized carbons (Fsp3) is 0.733. The zero-order valence-electron chi connectivity index (χ0n) is 12.6. The molecule has 5 nitrogen and oxygen atoms in total. The third-order valence-electron chi connectivity index (χ3n) is 3.81. The molecule has 0 spiro atoms. The summed E-state index contributed by atoms with van der Waals surface area (Å²) in [4.78, 5) is 9.11. The van der Waals surface area contributed by atoms with E-state index in [1.807, 2.05) is 6.07 Å². The van der Waals surface area contributed by atoms with E-state index in [1.54, 1.807) is 0 Å². The van der Waals surface area contributed by atoms with Crippen molar-refractivity contribution in [1.82, 2.24) is 9.97 Å². The second-order valence-electron chi connectivity index (χ2n) is 5.65. The fourth-order valence-electron chi connectivity index (χ4n) is 2.44. The van der Waals surface area contributed by atoms with Crippen molar-refractivity contribution in [1.29, 1.82) is 0 Å². The second-order valence-corrected chi connectivity index (χ2v) is 5.65. The van der Waals surface area contributed by atoms with Crippen LogP contribution in [-0.2, 0) is 6.42 Å². The molecule has 1 aliphatic carbocycles. The summed E-state index contributed by atoms with van der Waals surface area (Å²) in [6.45, 7) is 5.34. The lowest BCUT2D eigenvalue weighted by Gasteiger charge is -2.41. The lowest BCUT2D eigenvalue weighted by Crippen LogP contribution is -2.48. The maximum atomic E-state index is 9.56. The molecule has 5 heteroatoms. The summed E-state index contributed by atoms with van der Waals surface area (Å²) >= 11 is 0. The minimum Gasteiger partial charge on any atom is -0.394 e. The molecule has 0 amide bonds. The van der Waals surface area contributed by atoms with Gasteiger partial charge in [0.25, 0.3) is 0 Å². The van der Waals surface area contributed by atoms with Crippen LogP contribution in [0.5, 0.6) is 0 Å². The third kappa shape index (κ3) is 3.60. The Morgan fingerprint density at radius 3 is 2.50 bits per heavy atom. The molecule has 2 rings (SSSR count). The van der Waals surface area contributed by atoms with E-state index in [1.165, 1.54) is 6.42 Å². The first-order valence-corrected chi connectivity index (χ1v) is 7.72. The van der Waals surface area contributed by atoms with Gasteiger partial charge in [0.2, 0.25) is 0 Å². The first-order chi connectivity index (χ1) is 9.71. The number of hydrogen-bond donors (Lipinski definition) is 3. The standard InChI is InChI=1S/C15H26N4O/c1-3-6-12-17-13(16-9-4-2)10-14(18-12)19-15(11-20)7-5-8-15/h10,20H,3-9,11H2,1-2H3,(H2,16,17,18,19). The molecule has 1 aliphatic rings. The van der Waals surface area contributed by atoms with Gasteiger partial charge in [-0.1, -0.05) is 13.8 Å². The molecule has 1 fully saturated rings. The molecule has 0 aliphatic heterocycles. The molecule has 1 heterocycles. The Bertz CT molecular complexity index is 426. The molecule has 20 heavy (non-hydrogen) atoms. The SMILES string of the molecule is CCCNc1cc(NC2(CO)CCC2)nc(CCC)n1. The van der Waals surface area contributed by atoms with Crippen LogP contribution >= 0.6 is 0 Å². The predicted molar refractivity (Wildman–Crippen MR) is 82.1 cm³/mol. The highest BCUT2D eigenvalue weighted by atomic mass is 16.3. The molecule has 1 aromatic heterocycles. The first-order valence-electron chi connectivity index (χ1n) is 7.72. The molecule has 0 atom stereocenters. The Kier molecular flexibility index (Phi) is 5.17. The zero-order valence-corrected chi connectivity index (χ0v) is 12.6. The Morgan fingerprint density at radius 1 is 1.20 bits per heavy atom. The van der Waals surface area contributed by atoms with E-state index < -0.39 is 0 Å².